The fourth-order valence-corrected chi connectivity index (χ4v) is 4.94. The van der Waals surface area contributed by atoms with Crippen molar-refractivity contribution in [3.05, 3.63) is 108 Å². The maximum atomic E-state index is 13.5. The van der Waals surface area contributed by atoms with Gasteiger partial charge in [-0.05, 0) is 58.3 Å². The molecule has 0 atom stereocenters. The molecule has 0 bridgehead atoms. The highest BCUT2D eigenvalue weighted by Crippen LogP contribution is 2.26. The topological polar surface area (TPSA) is 46.6 Å². The molecule has 4 rings (SSSR count). The van der Waals surface area contributed by atoms with Crippen LogP contribution in [0.3, 0.4) is 0 Å². The second-order valence-electron chi connectivity index (χ2n) is 7.21. The lowest BCUT2D eigenvalue weighted by atomic mass is 10.0. The number of hydrogen-bond acceptors (Lipinski definition) is 3. The summed E-state index contributed by atoms with van der Waals surface area (Å²) in [4.78, 5) is 0.0580. The molecule has 4 aromatic rings. The fraction of sp³-hybridized carbons (Fsp3) is 0.120. The first-order valence-electron chi connectivity index (χ1n) is 9.83. The first-order valence-corrected chi connectivity index (χ1v) is 11.3. The van der Waals surface area contributed by atoms with Gasteiger partial charge in [0.1, 0.15) is 11.6 Å². The lowest BCUT2D eigenvalue weighted by Gasteiger charge is -2.23. The van der Waals surface area contributed by atoms with Gasteiger partial charge < -0.3 is 4.74 Å². The lowest BCUT2D eigenvalue weighted by molar-refractivity contribution is 0.400. The van der Waals surface area contributed by atoms with Gasteiger partial charge >= 0.3 is 0 Å². The molecule has 0 saturated carbocycles. The van der Waals surface area contributed by atoms with Crippen molar-refractivity contribution in [1.29, 1.82) is 0 Å². The molecule has 0 aliphatic carbocycles. The van der Waals surface area contributed by atoms with E-state index in [2.05, 4.69) is 0 Å². The lowest BCUT2D eigenvalue weighted by Crippen LogP contribution is -2.30. The van der Waals surface area contributed by atoms with Gasteiger partial charge in [0.25, 0.3) is 0 Å². The molecule has 0 amide bonds. The molecule has 0 radical (unpaired) electrons. The highest BCUT2D eigenvalue weighted by molar-refractivity contribution is 7.89. The average molecular weight is 436 g/mol. The van der Waals surface area contributed by atoms with Gasteiger partial charge in [0, 0.05) is 13.1 Å². The molecular weight excluding hydrogens is 413 g/mol. The van der Waals surface area contributed by atoms with Crippen LogP contribution in [0.4, 0.5) is 4.39 Å². The highest BCUT2D eigenvalue weighted by Gasteiger charge is 2.25. The van der Waals surface area contributed by atoms with Crippen molar-refractivity contribution < 1.29 is 17.5 Å². The fourth-order valence-electron chi connectivity index (χ4n) is 3.54. The Kier molecular flexibility index (Phi) is 6.02. The van der Waals surface area contributed by atoms with Gasteiger partial charge in [-0.1, -0.05) is 54.6 Å². The van der Waals surface area contributed by atoms with E-state index >= 15 is 0 Å². The Morgan fingerprint density at radius 1 is 0.806 bits per heavy atom. The molecule has 0 aromatic heterocycles. The number of methoxy groups -OCH3 is 1. The van der Waals surface area contributed by atoms with Crippen LogP contribution >= 0.6 is 0 Å². The molecule has 4 nitrogen and oxygen atoms in total. The summed E-state index contributed by atoms with van der Waals surface area (Å²) in [5, 5.41) is 2.04. The van der Waals surface area contributed by atoms with Crippen LogP contribution in [0.15, 0.2) is 95.9 Å². The summed E-state index contributed by atoms with van der Waals surface area (Å²) >= 11 is 0. The van der Waals surface area contributed by atoms with Gasteiger partial charge in [0.05, 0.1) is 12.0 Å². The average Bonchev–Trinajstić information content (AvgIpc) is 2.79. The van der Waals surface area contributed by atoms with E-state index < -0.39 is 15.8 Å². The van der Waals surface area contributed by atoms with Crippen molar-refractivity contribution in [2.75, 3.05) is 7.11 Å². The third-order valence-electron chi connectivity index (χ3n) is 5.20. The minimum absolute atomic E-state index is 0.0580. The molecule has 0 unspecified atom stereocenters. The van der Waals surface area contributed by atoms with Gasteiger partial charge in [0.2, 0.25) is 10.0 Å². The molecule has 4 aromatic carbocycles. The van der Waals surface area contributed by atoms with E-state index in [1.54, 1.807) is 19.2 Å². The predicted octanol–water partition coefficient (Wildman–Crippen LogP) is 5.38. The van der Waals surface area contributed by atoms with Gasteiger partial charge in [-0.2, -0.15) is 4.31 Å². The number of benzene rings is 4. The van der Waals surface area contributed by atoms with Gasteiger partial charge in [0.15, 0.2) is 0 Å². The molecule has 31 heavy (non-hydrogen) atoms. The first kappa shape index (κ1) is 21.0. The second-order valence-corrected chi connectivity index (χ2v) is 9.15. The largest absolute Gasteiger partial charge is 0.497 e. The molecule has 158 valence electrons. The molecule has 6 heteroatoms. The van der Waals surface area contributed by atoms with Crippen molar-refractivity contribution in [1.82, 2.24) is 4.31 Å². The van der Waals surface area contributed by atoms with Crippen LogP contribution in [0.1, 0.15) is 11.1 Å². The Hall–Kier alpha value is -3.22. The third kappa shape index (κ3) is 4.60. The van der Waals surface area contributed by atoms with Gasteiger partial charge in [-0.15, -0.1) is 0 Å². The molecule has 0 aliphatic rings. The Bertz CT molecular complexity index is 1280. The predicted molar refractivity (Wildman–Crippen MR) is 120 cm³/mol. The zero-order chi connectivity index (χ0) is 21.8. The van der Waals surface area contributed by atoms with Crippen LogP contribution in [0.2, 0.25) is 0 Å². The van der Waals surface area contributed by atoms with Crippen molar-refractivity contribution in [3.8, 4) is 5.75 Å². The minimum atomic E-state index is -3.86. The highest BCUT2D eigenvalue weighted by atomic mass is 32.2. The number of sulfonamides is 1. The van der Waals surface area contributed by atoms with Crippen molar-refractivity contribution in [2.24, 2.45) is 0 Å². The van der Waals surface area contributed by atoms with Gasteiger partial charge in [-0.3, -0.25) is 0 Å². The van der Waals surface area contributed by atoms with Crippen LogP contribution in [0.25, 0.3) is 10.8 Å². The van der Waals surface area contributed by atoms with Crippen LogP contribution in [-0.2, 0) is 23.1 Å². The quantitative estimate of drug-likeness (QED) is 0.392. The minimum Gasteiger partial charge on any atom is -0.497 e. The summed E-state index contributed by atoms with van der Waals surface area (Å²) in [5.41, 5.74) is 1.73. The standard InChI is InChI=1S/C25H22FNO3S/c1-30-23-13-9-19(10-14-23)17-27(31(28,29)24-15-11-22(26)12-16-24)18-21-7-4-6-20-5-2-3-8-25(20)21/h2-16H,17-18H2,1H3. The maximum Gasteiger partial charge on any atom is 0.243 e. The van der Waals surface area contributed by atoms with Crippen molar-refractivity contribution >= 4 is 20.8 Å². The van der Waals surface area contributed by atoms with Crippen molar-refractivity contribution in [2.45, 2.75) is 18.0 Å². The van der Waals surface area contributed by atoms with E-state index in [0.717, 1.165) is 34.0 Å². The van der Waals surface area contributed by atoms with E-state index in [4.69, 9.17) is 4.74 Å². The second kappa shape index (κ2) is 8.88. The Morgan fingerprint density at radius 3 is 2.19 bits per heavy atom. The summed E-state index contributed by atoms with van der Waals surface area (Å²) in [6, 6.07) is 26.0. The molecule has 0 aliphatic heterocycles. The summed E-state index contributed by atoms with van der Waals surface area (Å²) in [5.74, 6) is 0.223. The SMILES string of the molecule is COc1ccc(CN(Cc2cccc3ccccc23)S(=O)(=O)c2ccc(F)cc2)cc1. The van der Waals surface area contributed by atoms with Crippen LogP contribution in [-0.4, -0.2) is 19.8 Å². The molecule has 0 N–H and O–H groups in total. The Morgan fingerprint density at radius 2 is 1.48 bits per heavy atom. The van der Waals surface area contributed by atoms with Gasteiger partial charge in [-0.25, -0.2) is 12.8 Å². The molecule has 0 fully saturated rings. The number of fused-ring (bicyclic) bond motifs is 1. The maximum absolute atomic E-state index is 13.5. The number of nitrogens with zero attached hydrogens (tertiary/aromatic N) is 1. The molecule has 0 saturated heterocycles. The summed E-state index contributed by atoms with van der Waals surface area (Å²) in [6.45, 7) is 0.361. The van der Waals surface area contributed by atoms with Crippen LogP contribution < -0.4 is 4.74 Å². The van der Waals surface area contributed by atoms with Crippen molar-refractivity contribution in [3.63, 3.8) is 0 Å². The smallest absolute Gasteiger partial charge is 0.243 e. The molecular formula is C25H22FNO3S. The first-order chi connectivity index (χ1) is 15.0. The van der Waals surface area contributed by atoms with Crippen LogP contribution in [0.5, 0.6) is 5.75 Å². The van der Waals surface area contributed by atoms with E-state index in [-0.39, 0.29) is 18.0 Å². The number of hydrogen-bond donors (Lipinski definition) is 0. The summed E-state index contributed by atoms with van der Waals surface area (Å²) in [7, 11) is -2.28. The zero-order valence-electron chi connectivity index (χ0n) is 17.0. The summed E-state index contributed by atoms with van der Waals surface area (Å²) in [6.07, 6.45) is 0. The Balaban J connectivity index is 1.75. The zero-order valence-corrected chi connectivity index (χ0v) is 17.8. The van der Waals surface area contributed by atoms with E-state index in [0.29, 0.717) is 5.75 Å². The molecule has 0 spiro atoms. The number of halogens is 1. The normalized spacial score (nSPS) is 11.7. The number of rotatable bonds is 7. The van der Waals surface area contributed by atoms with E-state index in [1.807, 2.05) is 54.6 Å². The number of ether oxygens (including phenoxy) is 1. The van der Waals surface area contributed by atoms with Crippen LogP contribution in [0, 0.1) is 5.82 Å². The monoisotopic (exact) mass is 435 g/mol. The van der Waals surface area contributed by atoms with E-state index in [9.17, 15) is 12.8 Å². The summed E-state index contributed by atoms with van der Waals surface area (Å²) < 4.78 is 47.0. The molecule has 0 heterocycles. The Labute approximate surface area is 181 Å². The van der Waals surface area contributed by atoms with E-state index in [1.165, 1.54) is 16.4 Å². The third-order valence-corrected chi connectivity index (χ3v) is 7.00.